The van der Waals surface area contributed by atoms with Crippen LogP contribution in [0.4, 0.5) is 5.69 Å². The quantitative estimate of drug-likeness (QED) is 0.774. The minimum atomic E-state index is 0.102. The van der Waals surface area contributed by atoms with Crippen molar-refractivity contribution in [2.24, 2.45) is 0 Å². The Morgan fingerprint density at radius 2 is 1.78 bits per heavy atom. The van der Waals surface area contributed by atoms with Gasteiger partial charge in [0.2, 0.25) is 0 Å². The summed E-state index contributed by atoms with van der Waals surface area (Å²) in [7, 11) is 1.62. The first-order valence-corrected chi connectivity index (χ1v) is 9.37. The van der Waals surface area contributed by atoms with Crippen molar-refractivity contribution in [1.82, 2.24) is 9.88 Å². The lowest BCUT2D eigenvalue weighted by Gasteiger charge is -2.36. The van der Waals surface area contributed by atoms with Crippen molar-refractivity contribution in [3.05, 3.63) is 70.0 Å². The van der Waals surface area contributed by atoms with E-state index in [-0.39, 0.29) is 5.43 Å². The maximum atomic E-state index is 13.1. The summed E-state index contributed by atoms with van der Waals surface area (Å²) in [5, 5.41) is 0.692. The van der Waals surface area contributed by atoms with Crippen LogP contribution < -0.4 is 15.1 Å². The molecule has 0 saturated carbocycles. The summed E-state index contributed by atoms with van der Waals surface area (Å²) in [6.45, 7) is 6.51. The number of aromatic nitrogens is 1. The summed E-state index contributed by atoms with van der Waals surface area (Å²) in [5.74, 6) is 0.708. The molecule has 1 fully saturated rings. The topological polar surface area (TPSA) is 48.6 Å². The summed E-state index contributed by atoms with van der Waals surface area (Å²) in [4.78, 5) is 21.2. The molecule has 1 N–H and O–H groups in total. The van der Waals surface area contributed by atoms with Gasteiger partial charge in [-0.2, -0.15) is 0 Å². The third kappa shape index (κ3) is 3.55. The first kappa shape index (κ1) is 17.6. The predicted molar refractivity (Wildman–Crippen MR) is 110 cm³/mol. The second-order valence-corrected chi connectivity index (χ2v) is 7.07. The Labute approximate surface area is 159 Å². The Hall–Kier alpha value is -2.79. The van der Waals surface area contributed by atoms with E-state index in [2.05, 4.69) is 39.0 Å². The highest BCUT2D eigenvalue weighted by Gasteiger charge is 2.20. The number of nitrogens with one attached hydrogen (secondary N) is 1. The van der Waals surface area contributed by atoms with Gasteiger partial charge in [0.15, 0.2) is 5.43 Å². The Balaban J connectivity index is 1.53. The van der Waals surface area contributed by atoms with E-state index in [0.717, 1.165) is 43.0 Å². The molecule has 0 bridgehead atoms. The molecule has 1 aliphatic rings. The number of piperazine rings is 1. The van der Waals surface area contributed by atoms with Crippen molar-refractivity contribution in [2.45, 2.75) is 13.5 Å². The van der Waals surface area contributed by atoms with Gasteiger partial charge in [0.05, 0.1) is 7.11 Å². The van der Waals surface area contributed by atoms with Gasteiger partial charge in [0.1, 0.15) is 5.75 Å². The molecule has 0 spiro atoms. The van der Waals surface area contributed by atoms with Crippen LogP contribution in [0.25, 0.3) is 10.9 Å². The van der Waals surface area contributed by atoms with Crippen LogP contribution in [0, 0.1) is 6.92 Å². The fourth-order valence-corrected chi connectivity index (χ4v) is 3.77. The standard InChI is InChI=1S/C22H25N3O2/c1-16-20(22(26)19-14-18(27-2)8-9-21(19)23-16)15-24-10-12-25(13-11-24)17-6-4-3-5-7-17/h3-9,14H,10-13,15H2,1-2H3,(H,23,26). The van der Waals surface area contributed by atoms with Crippen LogP contribution in [0.3, 0.4) is 0 Å². The number of aromatic amines is 1. The van der Waals surface area contributed by atoms with E-state index in [0.29, 0.717) is 17.7 Å². The first-order valence-electron chi connectivity index (χ1n) is 9.37. The number of hydrogen-bond acceptors (Lipinski definition) is 4. The molecular weight excluding hydrogens is 338 g/mol. The number of para-hydroxylation sites is 1. The number of methoxy groups -OCH3 is 1. The van der Waals surface area contributed by atoms with Gasteiger partial charge < -0.3 is 14.6 Å². The Bertz CT molecular complexity index is 990. The molecule has 2 aromatic carbocycles. The van der Waals surface area contributed by atoms with E-state index in [1.165, 1.54) is 5.69 Å². The zero-order valence-electron chi connectivity index (χ0n) is 15.9. The molecule has 1 aromatic heterocycles. The van der Waals surface area contributed by atoms with Crippen LogP contribution in [-0.4, -0.2) is 43.2 Å². The van der Waals surface area contributed by atoms with Crippen LogP contribution in [-0.2, 0) is 6.54 Å². The van der Waals surface area contributed by atoms with E-state index in [1.54, 1.807) is 7.11 Å². The number of anilines is 1. The minimum absolute atomic E-state index is 0.102. The monoisotopic (exact) mass is 363 g/mol. The molecule has 27 heavy (non-hydrogen) atoms. The molecule has 4 rings (SSSR count). The lowest BCUT2D eigenvalue weighted by Crippen LogP contribution is -2.46. The van der Waals surface area contributed by atoms with Crippen molar-refractivity contribution < 1.29 is 4.74 Å². The highest BCUT2D eigenvalue weighted by atomic mass is 16.5. The molecule has 3 aromatic rings. The van der Waals surface area contributed by atoms with Gasteiger partial charge in [-0.3, -0.25) is 9.69 Å². The highest BCUT2D eigenvalue weighted by molar-refractivity contribution is 5.81. The number of nitrogens with zero attached hydrogens (tertiary/aromatic N) is 2. The first-order chi connectivity index (χ1) is 13.2. The molecule has 1 saturated heterocycles. The number of H-pyrrole nitrogens is 1. The molecular formula is C22H25N3O2. The molecule has 0 aliphatic carbocycles. The van der Waals surface area contributed by atoms with E-state index in [1.807, 2.05) is 31.2 Å². The van der Waals surface area contributed by atoms with Crippen LogP contribution >= 0.6 is 0 Å². The lowest BCUT2D eigenvalue weighted by atomic mass is 10.1. The second kappa shape index (κ2) is 7.45. The number of fused-ring (bicyclic) bond motifs is 1. The zero-order valence-corrected chi connectivity index (χ0v) is 15.9. The van der Waals surface area contributed by atoms with Crippen LogP contribution in [0.5, 0.6) is 5.75 Å². The van der Waals surface area contributed by atoms with Crippen molar-refractivity contribution in [2.75, 3.05) is 38.2 Å². The van der Waals surface area contributed by atoms with Crippen LogP contribution in [0.15, 0.2) is 53.3 Å². The molecule has 5 nitrogen and oxygen atoms in total. The van der Waals surface area contributed by atoms with Crippen molar-refractivity contribution in [3.63, 3.8) is 0 Å². The van der Waals surface area contributed by atoms with Gasteiger partial charge in [-0.05, 0) is 37.3 Å². The number of aryl methyl sites for hydroxylation is 1. The smallest absolute Gasteiger partial charge is 0.194 e. The third-order valence-electron chi connectivity index (χ3n) is 5.40. The Kier molecular flexibility index (Phi) is 4.86. The average molecular weight is 363 g/mol. The average Bonchev–Trinajstić information content (AvgIpc) is 2.72. The maximum absolute atomic E-state index is 13.1. The summed E-state index contributed by atoms with van der Waals surface area (Å²) in [6, 6.07) is 16.1. The minimum Gasteiger partial charge on any atom is -0.497 e. The molecule has 0 amide bonds. The number of rotatable bonds is 4. The maximum Gasteiger partial charge on any atom is 0.194 e. The molecule has 0 atom stereocenters. The fourth-order valence-electron chi connectivity index (χ4n) is 3.77. The zero-order chi connectivity index (χ0) is 18.8. The summed E-state index contributed by atoms with van der Waals surface area (Å²) in [6.07, 6.45) is 0. The van der Waals surface area contributed by atoms with Crippen molar-refractivity contribution in [1.29, 1.82) is 0 Å². The van der Waals surface area contributed by atoms with Gasteiger partial charge in [0.25, 0.3) is 0 Å². The number of pyridine rings is 1. The van der Waals surface area contributed by atoms with Crippen molar-refractivity contribution in [3.8, 4) is 5.75 Å². The Morgan fingerprint density at radius 1 is 1.04 bits per heavy atom. The third-order valence-corrected chi connectivity index (χ3v) is 5.40. The van der Waals surface area contributed by atoms with E-state index >= 15 is 0 Å². The SMILES string of the molecule is COc1ccc2[nH]c(C)c(CN3CCN(c4ccccc4)CC3)c(=O)c2c1. The summed E-state index contributed by atoms with van der Waals surface area (Å²) in [5.41, 5.74) is 4.03. The summed E-state index contributed by atoms with van der Waals surface area (Å²) >= 11 is 0. The van der Waals surface area contributed by atoms with E-state index in [4.69, 9.17) is 4.74 Å². The van der Waals surface area contributed by atoms with Crippen LogP contribution in [0.2, 0.25) is 0 Å². The fraction of sp³-hybridized carbons (Fsp3) is 0.318. The van der Waals surface area contributed by atoms with E-state index < -0.39 is 0 Å². The van der Waals surface area contributed by atoms with Gasteiger partial charge >= 0.3 is 0 Å². The number of benzene rings is 2. The molecule has 0 unspecified atom stereocenters. The van der Waals surface area contributed by atoms with Gasteiger partial charge in [-0.15, -0.1) is 0 Å². The van der Waals surface area contributed by atoms with E-state index in [9.17, 15) is 4.79 Å². The molecule has 140 valence electrons. The predicted octanol–water partition coefficient (Wildman–Crippen LogP) is 3.17. The van der Waals surface area contributed by atoms with Crippen LogP contribution in [0.1, 0.15) is 11.3 Å². The second-order valence-electron chi connectivity index (χ2n) is 7.07. The van der Waals surface area contributed by atoms with Gasteiger partial charge in [-0.1, -0.05) is 18.2 Å². The number of hydrogen-bond donors (Lipinski definition) is 1. The molecule has 1 aliphatic heterocycles. The highest BCUT2D eigenvalue weighted by Crippen LogP contribution is 2.20. The summed E-state index contributed by atoms with van der Waals surface area (Å²) < 4.78 is 5.28. The molecule has 5 heteroatoms. The largest absolute Gasteiger partial charge is 0.497 e. The normalized spacial score (nSPS) is 15.3. The molecule has 2 heterocycles. The van der Waals surface area contributed by atoms with Gasteiger partial charge in [-0.25, -0.2) is 0 Å². The Morgan fingerprint density at radius 3 is 2.48 bits per heavy atom. The lowest BCUT2D eigenvalue weighted by molar-refractivity contribution is 0.248. The number of ether oxygens (including phenoxy) is 1. The van der Waals surface area contributed by atoms with Gasteiger partial charge in [0, 0.05) is 60.6 Å². The molecule has 0 radical (unpaired) electrons. The van der Waals surface area contributed by atoms with Crippen molar-refractivity contribution >= 4 is 16.6 Å².